The fourth-order valence-electron chi connectivity index (χ4n) is 2.27. The van der Waals surface area contributed by atoms with Crippen LogP contribution in [-0.4, -0.2) is 34.8 Å². The van der Waals surface area contributed by atoms with E-state index in [1.54, 1.807) is 48.5 Å². The first kappa shape index (κ1) is 18.3. The lowest BCUT2D eigenvalue weighted by molar-refractivity contribution is -0.114. The van der Waals surface area contributed by atoms with E-state index in [2.05, 4.69) is 16.0 Å². The van der Waals surface area contributed by atoms with E-state index in [0.717, 1.165) is 5.56 Å². The minimum Gasteiger partial charge on any atom is -0.508 e. The first-order chi connectivity index (χ1) is 12.0. The van der Waals surface area contributed by atoms with E-state index in [1.165, 1.54) is 6.92 Å². The quantitative estimate of drug-likeness (QED) is 0.553. The third kappa shape index (κ3) is 6.15. The number of aromatic hydroxyl groups is 1. The van der Waals surface area contributed by atoms with Gasteiger partial charge in [0.25, 0.3) is 0 Å². The van der Waals surface area contributed by atoms with E-state index in [-0.39, 0.29) is 18.3 Å². The highest BCUT2D eigenvalue weighted by atomic mass is 16.3. The lowest BCUT2D eigenvalue weighted by Crippen LogP contribution is -2.41. The molecule has 0 spiro atoms. The zero-order chi connectivity index (χ0) is 18.2. The maximum Gasteiger partial charge on any atom is 0.319 e. The molecule has 132 valence electrons. The smallest absolute Gasteiger partial charge is 0.319 e. The lowest BCUT2D eigenvalue weighted by atomic mass is 10.1. The molecule has 0 aromatic heterocycles. The van der Waals surface area contributed by atoms with Gasteiger partial charge in [0.2, 0.25) is 5.91 Å². The average molecular weight is 343 g/mol. The van der Waals surface area contributed by atoms with Gasteiger partial charge < -0.3 is 26.2 Å². The van der Waals surface area contributed by atoms with Crippen molar-refractivity contribution in [1.29, 1.82) is 0 Å². The van der Waals surface area contributed by atoms with Gasteiger partial charge in [-0.05, 0) is 48.4 Å². The highest BCUT2D eigenvalue weighted by molar-refractivity contribution is 5.91. The summed E-state index contributed by atoms with van der Waals surface area (Å²) in [5, 5.41) is 26.7. The zero-order valence-corrected chi connectivity index (χ0v) is 13.8. The number of anilines is 2. The molecule has 2 aromatic carbocycles. The Balaban J connectivity index is 1.88. The van der Waals surface area contributed by atoms with E-state index >= 15 is 0 Å². The number of phenols is 1. The average Bonchev–Trinajstić information content (AvgIpc) is 2.57. The molecule has 0 aliphatic heterocycles. The number of carbonyl (C=O) groups is 2. The van der Waals surface area contributed by atoms with E-state index in [9.17, 15) is 19.8 Å². The fraction of sp³-hybridized carbons (Fsp3) is 0.222. The summed E-state index contributed by atoms with van der Waals surface area (Å²) in [4.78, 5) is 23.0. The van der Waals surface area contributed by atoms with Gasteiger partial charge in [-0.1, -0.05) is 12.1 Å². The summed E-state index contributed by atoms with van der Waals surface area (Å²) in [5.41, 5.74) is 2.09. The number of rotatable bonds is 6. The minimum atomic E-state index is -0.455. The Morgan fingerprint density at radius 1 is 0.960 bits per heavy atom. The Labute approximate surface area is 145 Å². The first-order valence-corrected chi connectivity index (χ1v) is 7.80. The number of benzene rings is 2. The largest absolute Gasteiger partial charge is 0.508 e. The van der Waals surface area contributed by atoms with Gasteiger partial charge in [0.1, 0.15) is 5.75 Å². The Hall–Kier alpha value is -3.06. The second kappa shape index (κ2) is 8.70. The van der Waals surface area contributed by atoms with Crippen LogP contribution in [0.15, 0.2) is 48.5 Å². The van der Waals surface area contributed by atoms with Crippen molar-refractivity contribution >= 4 is 23.3 Å². The molecular weight excluding hydrogens is 322 g/mol. The molecule has 5 N–H and O–H groups in total. The van der Waals surface area contributed by atoms with Crippen molar-refractivity contribution in [1.82, 2.24) is 5.32 Å². The van der Waals surface area contributed by atoms with Crippen LogP contribution in [0.2, 0.25) is 0 Å². The monoisotopic (exact) mass is 343 g/mol. The van der Waals surface area contributed by atoms with Crippen molar-refractivity contribution in [2.45, 2.75) is 19.4 Å². The summed E-state index contributed by atoms with van der Waals surface area (Å²) in [6, 6.07) is 12.4. The van der Waals surface area contributed by atoms with Crippen LogP contribution in [0, 0.1) is 0 Å². The standard InChI is InChI=1S/C18H21N3O4/c1-12(23)19-14-4-6-15(7-5-14)20-18(25)21-16(11-22)10-13-2-8-17(24)9-3-13/h2-9,16,22,24H,10-11H2,1H3,(H,19,23)(H2,20,21,25)/t16-/m1/s1. The molecule has 0 radical (unpaired) electrons. The maximum absolute atomic E-state index is 12.0. The molecule has 0 aliphatic carbocycles. The SMILES string of the molecule is CC(=O)Nc1ccc(NC(=O)N[C@@H](CO)Cc2ccc(O)cc2)cc1. The molecular formula is C18H21N3O4. The Morgan fingerprint density at radius 2 is 1.52 bits per heavy atom. The Bertz CT molecular complexity index is 714. The minimum absolute atomic E-state index is 0.165. The maximum atomic E-state index is 12.0. The molecule has 1 atom stereocenters. The predicted molar refractivity (Wildman–Crippen MR) is 95.6 cm³/mol. The highest BCUT2D eigenvalue weighted by Gasteiger charge is 2.12. The number of nitrogens with one attached hydrogen (secondary N) is 3. The van der Waals surface area contributed by atoms with Crippen LogP contribution in [0.5, 0.6) is 5.75 Å². The van der Waals surface area contributed by atoms with Crippen LogP contribution in [0.1, 0.15) is 12.5 Å². The summed E-state index contributed by atoms with van der Waals surface area (Å²) in [5.74, 6) is -0.00354. The van der Waals surface area contributed by atoms with E-state index in [0.29, 0.717) is 17.8 Å². The summed E-state index contributed by atoms with van der Waals surface area (Å²) in [7, 11) is 0. The van der Waals surface area contributed by atoms with Crippen LogP contribution < -0.4 is 16.0 Å². The van der Waals surface area contributed by atoms with Crippen LogP contribution in [0.4, 0.5) is 16.2 Å². The van der Waals surface area contributed by atoms with Gasteiger partial charge >= 0.3 is 6.03 Å². The molecule has 2 aromatic rings. The molecule has 7 heteroatoms. The van der Waals surface area contributed by atoms with E-state index in [4.69, 9.17) is 0 Å². The topological polar surface area (TPSA) is 111 Å². The second-order valence-corrected chi connectivity index (χ2v) is 5.61. The first-order valence-electron chi connectivity index (χ1n) is 7.80. The van der Waals surface area contributed by atoms with Crippen molar-refractivity contribution in [3.63, 3.8) is 0 Å². The lowest BCUT2D eigenvalue weighted by Gasteiger charge is -2.17. The number of urea groups is 1. The predicted octanol–water partition coefficient (Wildman–Crippen LogP) is 2.08. The summed E-state index contributed by atoms with van der Waals surface area (Å²) in [6.07, 6.45) is 0.436. The third-order valence-electron chi connectivity index (χ3n) is 3.44. The summed E-state index contributed by atoms with van der Waals surface area (Å²) in [6.45, 7) is 1.21. The molecule has 2 rings (SSSR count). The van der Waals surface area contributed by atoms with Gasteiger partial charge in [-0.2, -0.15) is 0 Å². The Morgan fingerprint density at radius 3 is 2.04 bits per heavy atom. The van der Waals surface area contributed by atoms with Crippen molar-refractivity contribution in [2.75, 3.05) is 17.2 Å². The molecule has 0 saturated heterocycles. The molecule has 7 nitrogen and oxygen atoms in total. The highest BCUT2D eigenvalue weighted by Crippen LogP contribution is 2.14. The third-order valence-corrected chi connectivity index (χ3v) is 3.44. The van der Waals surface area contributed by atoms with Gasteiger partial charge in [0, 0.05) is 18.3 Å². The molecule has 25 heavy (non-hydrogen) atoms. The molecule has 0 fully saturated rings. The number of phenolic OH excluding ortho intramolecular Hbond substituents is 1. The number of amides is 3. The number of aliphatic hydroxyl groups is 1. The molecule has 0 aliphatic rings. The van der Waals surface area contributed by atoms with Gasteiger partial charge in [-0.25, -0.2) is 4.79 Å². The number of hydrogen-bond acceptors (Lipinski definition) is 4. The van der Waals surface area contributed by atoms with Gasteiger partial charge in [0.05, 0.1) is 12.6 Å². The van der Waals surface area contributed by atoms with Crippen molar-refractivity contribution in [3.8, 4) is 5.75 Å². The molecule has 0 unspecified atom stereocenters. The molecule has 3 amide bonds. The van der Waals surface area contributed by atoms with Crippen molar-refractivity contribution in [2.24, 2.45) is 0 Å². The zero-order valence-electron chi connectivity index (χ0n) is 13.8. The van der Waals surface area contributed by atoms with E-state index in [1.807, 2.05) is 0 Å². The number of carbonyl (C=O) groups excluding carboxylic acids is 2. The summed E-state index contributed by atoms with van der Waals surface area (Å²) >= 11 is 0. The second-order valence-electron chi connectivity index (χ2n) is 5.61. The summed E-state index contributed by atoms with van der Waals surface area (Å²) < 4.78 is 0. The number of hydrogen-bond donors (Lipinski definition) is 5. The van der Waals surface area contributed by atoms with Crippen LogP contribution in [-0.2, 0) is 11.2 Å². The van der Waals surface area contributed by atoms with Gasteiger partial charge in [-0.3, -0.25) is 4.79 Å². The van der Waals surface area contributed by atoms with Gasteiger partial charge in [0.15, 0.2) is 0 Å². The molecule has 0 heterocycles. The fourth-order valence-corrected chi connectivity index (χ4v) is 2.27. The van der Waals surface area contributed by atoms with Crippen LogP contribution >= 0.6 is 0 Å². The molecule has 0 bridgehead atoms. The van der Waals surface area contributed by atoms with Crippen molar-refractivity contribution in [3.05, 3.63) is 54.1 Å². The van der Waals surface area contributed by atoms with Crippen LogP contribution in [0.25, 0.3) is 0 Å². The molecule has 0 saturated carbocycles. The van der Waals surface area contributed by atoms with Gasteiger partial charge in [-0.15, -0.1) is 0 Å². The number of aliphatic hydroxyl groups excluding tert-OH is 1. The van der Waals surface area contributed by atoms with E-state index < -0.39 is 12.1 Å². The van der Waals surface area contributed by atoms with Crippen molar-refractivity contribution < 1.29 is 19.8 Å². The normalized spacial score (nSPS) is 11.4. The Kier molecular flexibility index (Phi) is 6.36. The van der Waals surface area contributed by atoms with Crippen LogP contribution in [0.3, 0.4) is 0 Å².